The van der Waals surface area contributed by atoms with E-state index in [1.807, 2.05) is 37.3 Å². The second kappa shape index (κ2) is 25.5. The summed E-state index contributed by atoms with van der Waals surface area (Å²) in [5, 5.41) is -0.681. The molecule has 5 atom stereocenters. The summed E-state index contributed by atoms with van der Waals surface area (Å²) in [7, 11) is 1.59. The molecular weight excluding hydrogens is 748 g/mol. The maximum absolute atomic E-state index is 10.8. The number of hydrogen-bond acceptors (Lipinski definition) is 17. The number of benzene rings is 1. The molecule has 5 saturated heterocycles. The highest BCUT2D eigenvalue weighted by Crippen LogP contribution is 2.35. The maximum Gasteiger partial charge on any atom is 0.367 e. The molecule has 0 amide bonds. The number of alkyl halides is 1. The Morgan fingerprint density at radius 1 is 0.750 bits per heavy atom. The number of halogens is 1. The predicted octanol–water partition coefficient (Wildman–Crippen LogP) is 7.65. The van der Waals surface area contributed by atoms with Gasteiger partial charge in [-0.3, -0.25) is 4.79 Å². The average Bonchev–Trinajstić information content (AvgIpc) is 3.93. The van der Waals surface area contributed by atoms with Gasteiger partial charge in [0.15, 0.2) is 5.44 Å². The fourth-order valence-corrected chi connectivity index (χ4v) is 7.45. The second-order valence-electron chi connectivity index (χ2n) is 9.97. The van der Waals surface area contributed by atoms with Crippen molar-refractivity contribution in [2.24, 2.45) is 0 Å². The van der Waals surface area contributed by atoms with E-state index in [0.29, 0.717) is 30.6 Å². The molecule has 5 aliphatic heterocycles. The Morgan fingerprint density at radius 3 is 1.67 bits per heavy atom. The van der Waals surface area contributed by atoms with Gasteiger partial charge in [0, 0.05) is 42.3 Å². The zero-order valence-corrected chi connectivity index (χ0v) is 31.7. The first kappa shape index (κ1) is 42.7. The summed E-state index contributed by atoms with van der Waals surface area (Å²) < 4.78 is 34.3. The smallest absolute Gasteiger partial charge is 0.367 e. The summed E-state index contributed by atoms with van der Waals surface area (Å²) in [6.07, 6.45) is 2.27. The van der Waals surface area contributed by atoms with E-state index in [9.17, 15) is 24.0 Å². The molecule has 0 N–H and O–H groups in total. The van der Waals surface area contributed by atoms with Gasteiger partial charge in [0.1, 0.15) is 24.4 Å². The van der Waals surface area contributed by atoms with Crippen molar-refractivity contribution in [1.82, 2.24) is 0 Å². The normalized spacial score (nSPS) is 25.3. The summed E-state index contributed by atoms with van der Waals surface area (Å²) in [5.74, 6) is 3.77. The molecular formula is C30H41ClO12S5. The number of rotatable bonds is 9. The van der Waals surface area contributed by atoms with E-state index in [-0.39, 0.29) is 57.0 Å². The monoisotopic (exact) mass is 788 g/mol. The van der Waals surface area contributed by atoms with Gasteiger partial charge in [-0.25, -0.2) is 19.2 Å². The highest BCUT2D eigenvalue weighted by Gasteiger charge is 2.26. The minimum Gasteiger partial charge on any atom is -0.454 e. The summed E-state index contributed by atoms with van der Waals surface area (Å²) in [6, 6.07) is 9.78. The molecule has 0 bridgehead atoms. The SMILES string of the molecule is CC1CSC(=O)O1.CCCCOCC1CSC(=O)O1.COCC1CSC(=O)O1.O=C1CSC(c2ccccc2)O1.O=C1OC(CCl)CS1. The van der Waals surface area contributed by atoms with Gasteiger partial charge in [-0.2, -0.15) is 0 Å². The van der Waals surface area contributed by atoms with Crippen LogP contribution >= 0.6 is 70.4 Å². The highest BCUT2D eigenvalue weighted by atomic mass is 35.5. The Bertz CT molecular complexity index is 1130. The molecule has 0 radical (unpaired) electrons. The minimum absolute atomic E-state index is 0.0145. The Labute approximate surface area is 307 Å². The van der Waals surface area contributed by atoms with Crippen molar-refractivity contribution in [3.8, 4) is 0 Å². The average molecular weight is 789 g/mol. The van der Waals surface area contributed by atoms with Crippen LogP contribution < -0.4 is 0 Å². The van der Waals surface area contributed by atoms with Crippen LogP contribution in [0.15, 0.2) is 30.3 Å². The number of ether oxygens (including phenoxy) is 7. The van der Waals surface area contributed by atoms with Crippen LogP contribution in [0.5, 0.6) is 0 Å². The van der Waals surface area contributed by atoms with Gasteiger partial charge in [-0.15, -0.1) is 23.4 Å². The zero-order valence-electron chi connectivity index (χ0n) is 26.9. The molecule has 1 aromatic rings. The summed E-state index contributed by atoms with van der Waals surface area (Å²) in [4.78, 5) is 52.3. The lowest BCUT2D eigenvalue weighted by atomic mass is 10.2. The molecule has 12 nitrogen and oxygen atoms in total. The van der Waals surface area contributed by atoms with Gasteiger partial charge in [0.2, 0.25) is 0 Å². The molecule has 5 fully saturated rings. The summed E-state index contributed by atoms with van der Waals surface area (Å²) >= 11 is 11.8. The predicted molar refractivity (Wildman–Crippen MR) is 193 cm³/mol. The quantitative estimate of drug-likeness (QED) is 0.104. The van der Waals surface area contributed by atoms with E-state index >= 15 is 0 Å². The van der Waals surface area contributed by atoms with Crippen molar-refractivity contribution in [2.45, 2.75) is 56.5 Å². The standard InChI is InChI=1S/C9H8O2S.C8H14O3S.C5H8O3S.C4H5ClO2S.C4H6O2S/c10-8-6-12-9(11-8)7-4-2-1-3-5-7;1-2-3-4-10-5-7-6-12-8(9)11-7;1-7-2-4-3-9-5(6)8-4;5-1-3-2-8-4(6)7-3;1-3-2-7-4(5)6-3/h1-5,9H,6H2;7H,2-6H2,1H3;4H,2-3H2,1H3;3H,1-2H2;3H,2H2,1H3. The maximum atomic E-state index is 10.8. The molecule has 0 aromatic heterocycles. The topological polar surface area (TPSA) is 150 Å². The zero-order chi connectivity index (χ0) is 35.1. The van der Waals surface area contributed by atoms with Gasteiger partial charge in [0.05, 0.1) is 24.8 Å². The molecule has 0 aliphatic carbocycles. The Hall–Kier alpha value is -1.47. The fraction of sp³-hybridized carbons (Fsp3) is 0.633. The third kappa shape index (κ3) is 19.1. The number of cyclic esters (lactones) is 5. The number of unbranched alkanes of at least 4 members (excludes halogenated alkanes) is 1. The highest BCUT2D eigenvalue weighted by molar-refractivity contribution is 8.14. The minimum atomic E-state index is -0.198. The van der Waals surface area contributed by atoms with Crippen LogP contribution in [0.1, 0.15) is 37.7 Å². The van der Waals surface area contributed by atoms with E-state index < -0.39 is 0 Å². The van der Waals surface area contributed by atoms with Crippen molar-refractivity contribution in [2.75, 3.05) is 61.6 Å². The number of esters is 1. The fourth-order valence-electron chi connectivity index (χ4n) is 3.51. The molecule has 1 aromatic carbocycles. The Kier molecular flexibility index (Phi) is 22.7. The van der Waals surface area contributed by atoms with Gasteiger partial charge < -0.3 is 33.2 Å². The van der Waals surface area contributed by atoms with E-state index in [1.54, 1.807) is 7.11 Å². The van der Waals surface area contributed by atoms with Crippen LogP contribution in [-0.4, -0.2) is 113 Å². The first-order valence-electron chi connectivity index (χ1n) is 15.0. The van der Waals surface area contributed by atoms with Crippen LogP contribution in [0.4, 0.5) is 19.2 Å². The number of carbonyl (C=O) groups excluding carboxylic acids is 5. The molecule has 48 heavy (non-hydrogen) atoms. The van der Waals surface area contributed by atoms with Crippen LogP contribution in [0, 0.1) is 0 Å². The van der Waals surface area contributed by atoms with Crippen molar-refractivity contribution in [1.29, 1.82) is 0 Å². The van der Waals surface area contributed by atoms with Crippen molar-refractivity contribution in [3.63, 3.8) is 0 Å². The second-order valence-corrected chi connectivity index (χ2v) is 15.2. The summed E-state index contributed by atoms with van der Waals surface area (Å²) in [5.41, 5.74) is 0.979. The number of hydrogen-bond donors (Lipinski definition) is 0. The number of methoxy groups -OCH3 is 1. The molecule has 5 aliphatic rings. The number of thioether (sulfide) groups is 5. The molecule has 5 unspecified atom stereocenters. The van der Waals surface area contributed by atoms with E-state index in [4.69, 9.17) is 40.0 Å². The van der Waals surface area contributed by atoms with Crippen molar-refractivity contribution < 1.29 is 57.1 Å². The molecule has 6 rings (SSSR count). The van der Waals surface area contributed by atoms with Gasteiger partial charge in [0.25, 0.3) is 0 Å². The van der Waals surface area contributed by atoms with Crippen LogP contribution in [-0.2, 0) is 38.0 Å². The van der Waals surface area contributed by atoms with Crippen molar-refractivity contribution >= 4 is 97.6 Å². The Balaban J connectivity index is 0.000000212. The van der Waals surface area contributed by atoms with Gasteiger partial charge >= 0.3 is 27.2 Å². The molecule has 0 spiro atoms. The first-order valence-corrected chi connectivity index (χ1v) is 20.5. The van der Waals surface area contributed by atoms with E-state index in [2.05, 4.69) is 11.7 Å². The number of carbonyl (C=O) groups is 5. The van der Waals surface area contributed by atoms with E-state index in [0.717, 1.165) is 42.3 Å². The molecule has 0 saturated carbocycles. The van der Waals surface area contributed by atoms with Crippen LogP contribution in [0.3, 0.4) is 0 Å². The first-order chi connectivity index (χ1) is 23.1. The van der Waals surface area contributed by atoms with Crippen LogP contribution in [0.25, 0.3) is 0 Å². The largest absolute Gasteiger partial charge is 0.454 e. The third-order valence-electron chi connectivity index (χ3n) is 5.82. The Morgan fingerprint density at radius 2 is 1.29 bits per heavy atom. The van der Waals surface area contributed by atoms with Crippen molar-refractivity contribution in [3.05, 3.63) is 35.9 Å². The lowest BCUT2D eigenvalue weighted by Gasteiger charge is -2.07. The van der Waals surface area contributed by atoms with E-state index in [1.165, 1.54) is 58.8 Å². The third-order valence-corrected chi connectivity index (χ3v) is 10.8. The lowest BCUT2D eigenvalue weighted by Crippen LogP contribution is -2.17. The molecule has 18 heteroatoms. The lowest BCUT2D eigenvalue weighted by molar-refractivity contribution is -0.140. The van der Waals surface area contributed by atoms with Crippen LogP contribution in [0.2, 0.25) is 0 Å². The van der Waals surface area contributed by atoms with Gasteiger partial charge in [-0.1, -0.05) is 43.7 Å². The summed E-state index contributed by atoms with van der Waals surface area (Å²) in [6.45, 7) is 5.85. The van der Waals surface area contributed by atoms with Gasteiger partial charge in [-0.05, 0) is 60.4 Å². The molecule has 5 heterocycles. The molecule has 270 valence electrons.